The highest BCUT2D eigenvalue weighted by atomic mass is 19.1. The number of hydrogen-bond donors (Lipinski definition) is 0. The van der Waals surface area contributed by atoms with Crippen LogP contribution < -0.4 is 4.74 Å². The molecule has 6 heteroatoms. The SMILES string of the molecule is Cc1c(C)n(Cc2ccccc2F)c2c(OC(Cc3ccccc3)C3=COCO3)ccnc12. The Hall–Kier alpha value is -3.80. The fourth-order valence-electron chi connectivity index (χ4n) is 4.21. The van der Waals surface area contributed by atoms with Gasteiger partial charge in [-0.2, -0.15) is 0 Å². The molecule has 0 N–H and O–H groups in total. The molecule has 2 aromatic heterocycles. The Balaban J connectivity index is 1.57. The summed E-state index contributed by atoms with van der Waals surface area (Å²) in [6.07, 6.45) is 3.60. The minimum Gasteiger partial charge on any atom is -0.480 e. The molecule has 0 saturated carbocycles. The zero-order valence-electron chi connectivity index (χ0n) is 18.6. The van der Waals surface area contributed by atoms with Gasteiger partial charge >= 0.3 is 0 Å². The Morgan fingerprint density at radius 3 is 2.61 bits per heavy atom. The van der Waals surface area contributed by atoms with E-state index in [0.717, 1.165) is 27.9 Å². The summed E-state index contributed by atoms with van der Waals surface area (Å²) in [5.74, 6) is 1.08. The van der Waals surface area contributed by atoms with E-state index >= 15 is 0 Å². The van der Waals surface area contributed by atoms with E-state index in [1.165, 1.54) is 6.07 Å². The predicted octanol–water partition coefficient (Wildman–Crippen LogP) is 5.68. The van der Waals surface area contributed by atoms with Crippen LogP contribution in [0, 0.1) is 19.7 Å². The van der Waals surface area contributed by atoms with Gasteiger partial charge in [-0.05, 0) is 31.0 Å². The summed E-state index contributed by atoms with van der Waals surface area (Å²) in [6.45, 7) is 4.62. The summed E-state index contributed by atoms with van der Waals surface area (Å²) < 4.78 is 34.1. The van der Waals surface area contributed by atoms with Crippen LogP contribution in [-0.4, -0.2) is 22.4 Å². The number of benzene rings is 2. The minimum absolute atomic E-state index is 0.178. The lowest BCUT2D eigenvalue weighted by Crippen LogP contribution is -2.23. The van der Waals surface area contributed by atoms with Gasteiger partial charge < -0.3 is 18.8 Å². The molecule has 2 aromatic carbocycles. The van der Waals surface area contributed by atoms with Crippen molar-refractivity contribution in [2.45, 2.75) is 32.9 Å². The molecule has 3 heterocycles. The number of ether oxygens (including phenoxy) is 3. The second kappa shape index (κ2) is 8.98. The molecule has 1 aliphatic rings. The van der Waals surface area contributed by atoms with Crippen molar-refractivity contribution in [1.82, 2.24) is 9.55 Å². The van der Waals surface area contributed by atoms with E-state index in [4.69, 9.17) is 14.2 Å². The van der Waals surface area contributed by atoms with Crippen molar-refractivity contribution in [2.24, 2.45) is 0 Å². The third kappa shape index (κ3) is 4.16. The van der Waals surface area contributed by atoms with Crippen molar-refractivity contribution in [3.8, 4) is 5.75 Å². The van der Waals surface area contributed by atoms with E-state index in [1.807, 2.05) is 44.2 Å². The minimum atomic E-state index is -0.377. The van der Waals surface area contributed by atoms with Crippen LogP contribution in [0.3, 0.4) is 0 Å². The Bertz CT molecular complexity index is 1310. The summed E-state index contributed by atoms with van der Waals surface area (Å²) >= 11 is 0. The second-order valence-corrected chi connectivity index (χ2v) is 8.14. The van der Waals surface area contributed by atoms with Gasteiger partial charge in [-0.3, -0.25) is 4.98 Å². The molecule has 0 spiro atoms. The Morgan fingerprint density at radius 2 is 1.85 bits per heavy atom. The molecule has 0 radical (unpaired) electrons. The lowest BCUT2D eigenvalue weighted by molar-refractivity contribution is 0.0559. The van der Waals surface area contributed by atoms with Gasteiger partial charge in [0.15, 0.2) is 11.9 Å². The zero-order chi connectivity index (χ0) is 22.8. The monoisotopic (exact) mass is 444 g/mol. The van der Waals surface area contributed by atoms with Crippen molar-refractivity contribution < 1.29 is 18.6 Å². The predicted molar refractivity (Wildman–Crippen MR) is 124 cm³/mol. The van der Waals surface area contributed by atoms with Gasteiger partial charge in [0.25, 0.3) is 0 Å². The first-order chi connectivity index (χ1) is 16.1. The molecular weight excluding hydrogens is 419 g/mol. The van der Waals surface area contributed by atoms with Crippen molar-refractivity contribution in [1.29, 1.82) is 0 Å². The molecule has 0 bridgehead atoms. The topological polar surface area (TPSA) is 45.5 Å². The summed E-state index contributed by atoms with van der Waals surface area (Å²) in [7, 11) is 0. The molecule has 5 nitrogen and oxygen atoms in total. The smallest absolute Gasteiger partial charge is 0.230 e. The molecule has 0 aliphatic carbocycles. The fraction of sp³-hybridized carbons (Fsp3) is 0.222. The third-order valence-corrected chi connectivity index (χ3v) is 6.09. The Labute approximate surface area is 192 Å². The number of hydrogen-bond acceptors (Lipinski definition) is 4. The number of nitrogens with zero attached hydrogens (tertiary/aromatic N) is 2. The van der Waals surface area contributed by atoms with Gasteiger partial charge in [-0.15, -0.1) is 0 Å². The zero-order valence-corrected chi connectivity index (χ0v) is 18.6. The molecular formula is C27H25FN2O3. The molecule has 33 heavy (non-hydrogen) atoms. The van der Waals surface area contributed by atoms with Crippen LogP contribution in [-0.2, 0) is 22.4 Å². The van der Waals surface area contributed by atoms with Crippen LogP contribution in [0.4, 0.5) is 4.39 Å². The van der Waals surface area contributed by atoms with E-state index in [9.17, 15) is 4.39 Å². The molecule has 0 fully saturated rings. The maximum atomic E-state index is 14.5. The quantitative estimate of drug-likeness (QED) is 0.368. The first-order valence-electron chi connectivity index (χ1n) is 10.9. The molecule has 5 rings (SSSR count). The highest BCUT2D eigenvalue weighted by molar-refractivity contribution is 5.86. The van der Waals surface area contributed by atoms with Crippen LogP contribution in [0.5, 0.6) is 5.75 Å². The van der Waals surface area contributed by atoms with Gasteiger partial charge in [0.2, 0.25) is 6.79 Å². The number of pyridine rings is 1. The van der Waals surface area contributed by atoms with Crippen LogP contribution in [0.2, 0.25) is 0 Å². The largest absolute Gasteiger partial charge is 0.480 e. The van der Waals surface area contributed by atoms with Gasteiger partial charge in [0.1, 0.15) is 23.3 Å². The Kier molecular flexibility index (Phi) is 5.73. The van der Waals surface area contributed by atoms with E-state index in [1.54, 1.807) is 24.6 Å². The maximum absolute atomic E-state index is 14.5. The highest BCUT2D eigenvalue weighted by Crippen LogP contribution is 2.34. The van der Waals surface area contributed by atoms with Crippen molar-refractivity contribution >= 4 is 11.0 Å². The summed E-state index contributed by atoms with van der Waals surface area (Å²) in [5, 5.41) is 0. The highest BCUT2D eigenvalue weighted by Gasteiger charge is 2.25. The van der Waals surface area contributed by atoms with E-state index in [0.29, 0.717) is 30.0 Å². The van der Waals surface area contributed by atoms with Gasteiger partial charge in [0, 0.05) is 29.9 Å². The number of fused-ring (bicyclic) bond motifs is 1. The number of halogens is 1. The van der Waals surface area contributed by atoms with Crippen molar-refractivity contribution in [3.63, 3.8) is 0 Å². The van der Waals surface area contributed by atoms with Crippen molar-refractivity contribution in [2.75, 3.05) is 6.79 Å². The molecule has 1 unspecified atom stereocenters. The van der Waals surface area contributed by atoms with Crippen molar-refractivity contribution in [3.05, 3.63) is 107 Å². The maximum Gasteiger partial charge on any atom is 0.230 e. The molecule has 1 aliphatic heterocycles. The first-order valence-corrected chi connectivity index (χ1v) is 10.9. The molecule has 4 aromatic rings. The summed E-state index contributed by atoms with van der Waals surface area (Å²) in [5.41, 5.74) is 5.49. The number of aromatic nitrogens is 2. The second-order valence-electron chi connectivity index (χ2n) is 8.14. The average Bonchev–Trinajstić information content (AvgIpc) is 3.45. The lowest BCUT2D eigenvalue weighted by atomic mass is 10.1. The molecule has 0 saturated heterocycles. The van der Waals surface area contributed by atoms with E-state index in [-0.39, 0.29) is 18.7 Å². The van der Waals surface area contributed by atoms with Gasteiger partial charge in [-0.25, -0.2) is 4.39 Å². The third-order valence-electron chi connectivity index (χ3n) is 6.09. The van der Waals surface area contributed by atoms with E-state index < -0.39 is 0 Å². The Morgan fingerprint density at radius 1 is 1.06 bits per heavy atom. The summed E-state index contributed by atoms with van der Waals surface area (Å²) in [4.78, 5) is 4.61. The molecule has 0 amide bonds. The van der Waals surface area contributed by atoms with Crippen LogP contribution in [0.15, 0.2) is 78.9 Å². The van der Waals surface area contributed by atoms with Gasteiger partial charge in [0.05, 0.1) is 12.1 Å². The van der Waals surface area contributed by atoms with Crippen LogP contribution >= 0.6 is 0 Å². The first kappa shape index (κ1) is 21.1. The van der Waals surface area contributed by atoms with Crippen LogP contribution in [0.1, 0.15) is 22.4 Å². The van der Waals surface area contributed by atoms with Crippen LogP contribution in [0.25, 0.3) is 11.0 Å². The van der Waals surface area contributed by atoms with E-state index in [2.05, 4.69) is 21.7 Å². The standard InChI is InChI=1S/C27H25FN2O3/c1-18-19(2)30(15-21-10-6-7-11-22(21)28)27-23(12-13-29-26(18)27)33-24(25-16-31-17-32-25)14-20-8-4-3-5-9-20/h3-13,16,24H,14-15,17H2,1-2H3. The lowest BCUT2D eigenvalue weighted by Gasteiger charge is -2.20. The normalized spacial score (nSPS) is 14.0. The number of rotatable bonds is 7. The fourth-order valence-corrected chi connectivity index (χ4v) is 4.21. The average molecular weight is 445 g/mol. The number of aryl methyl sites for hydroxylation is 1. The molecule has 168 valence electrons. The molecule has 1 atom stereocenters. The summed E-state index contributed by atoms with van der Waals surface area (Å²) in [6, 6.07) is 18.8. The van der Waals surface area contributed by atoms with Gasteiger partial charge in [-0.1, -0.05) is 48.5 Å².